The Labute approximate surface area is 107 Å². The minimum Gasteiger partial charge on any atom is -0.479 e. The van der Waals surface area contributed by atoms with E-state index in [2.05, 4.69) is 5.32 Å². The molecule has 19 heavy (non-hydrogen) atoms. The van der Waals surface area contributed by atoms with Crippen molar-refractivity contribution in [1.29, 1.82) is 0 Å². The van der Waals surface area contributed by atoms with Crippen molar-refractivity contribution < 1.29 is 33.0 Å². The Kier molecular flexibility index (Phi) is 4.98. The fourth-order valence-electron chi connectivity index (χ4n) is 1.79. The van der Waals surface area contributed by atoms with Gasteiger partial charge in [-0.15, -0.1) is 0 Å². The lowest BCUT2D eigenvalue weighted by Crippen LogP contribution is -2.48. The van der Waals surface area contributed by atoms with E-state index in [1.807, 2.05) is 0 Å². The van der Waals surface area contributed by atoms with E-state index in [4.69, 9.17) is 10.2 Å². The maximum Gasteiger partial charge on any atom is 0.391 e. The molecular formula is C10H15F3N2O4. The highest BCUT2D eigenvalue weighted by Crippen LogP contribution is 2.33. The van der Waals surface area contributed by atoms with Crippen LogP contribution in [0.1, 0.15) is 12.8 Å². The molecule has 6 nitrogen and oxygen atoms in total. The topological polar surface area (TPSA) is 89.9 Å². The largest absolute Gasteiger partial charge is 0.479 e. The zero-order valence-corrected chi connectivity index (χ0v) is 9.98. The molecule has 0 bridgehead atoms. The van der Waals surface area contributed by atoms with Gasteiger partial charge < -0.3 is 20.4 Å². The molecule has 110 valence electrons. The highest BCUT2D eigenvalue weighted by atomic mass is 19.4. The third-order valence-corrected chi connectivity index (χ3v) is 2.98. The number of carboxylic acid groups (broad SMARTS) is 1. The first-order valence-corrected chi connectivity index (χ1v) is 5.72. The summed E-state index contributed by atoms with van der Waals surface area (Å²) in [6.45, 7) is -0.564. The van der Waals surface area contributed by atoms with Gasteiger partial charge in [-0.2, -0.15) is 13.2 Å². The summed E-state index contributed by atoms with van der Waals surface area (Å²) in [6, 6.07) is -0.666. The number of amides is 2. The van der Waals surface area contributed by atoms with Gasteiger partial charge in [0.15, 0.2) is 6.10 Å². The van der Waals surface area contributed by atoms with Gasteiger partial charge in [-0.3, -0.25) is 0 Å². The van der Waals surface area contributed by atoms with Gasteiger partial charge in [0.05, 0.1) is 12.5 Å². The highest BCUT2D eigenvalue weighted by Gasteiger charge is 2.41. The molecule has 0 aliphatic carbocycles. The molecule has 1 aliphatic rings. The molecule has 3 N–H and O–H groups in total. The summed E-state index contributed by atoms with van der Waals surface area (Å²) in [7, 11) is 0. The van der Waals surface area contributed by atoms with Crippen molar-refractivity contribution >= 4 is 12.0 Å². The van der Waals surface area contributed by atoms with Gasteiger partial charge >= 0.3 is 18.2 Å². The average Bonchev–Trinajstić information content (AvgIpc) is 2.34. The Bertz CT molecular complexity index is 340. The quantitative estimate of drug-likeness (QED) is 0.700. The van der Waals surface area contributed by atoms with Gasteiger partial charge in [-0.05, 0) is 12.8 Å². The molecule has 1 unspecified atom stereocenters. The van der Waals surface area contributed by atoms with Crippen LogP contribution in [0.2, 0.25) is 0 Å². The molecule has 1 saturated heterocycles. The molecule has 0 spiro atoms. The second-order valence-corrected chi connectivity index (χ2v) is 4.34. The number of alkyl halides is 3. The van der Waals surface area contributed by atoms with E-state index in [-0.39, 0.29) is 25.9 Å². The van der Waals surface area contributed by atoms with Gasteiger partial charge in [0, 0.05) is 13.1 Å². The SMILES string of the molecule is O=C(O)C(O)CNC(=O)N1CCC(C(F)(F)F)CC1. The first-order chi connectivity index (χ1) is 8.71. The summed E-state index contributed by atoms with van der Waals surface area (Å²) < 4.78 is 37.2. The molecule has 1 aliphatic heterocycles. The van der Waals surface area contributed by atoms with E-state index in [1.54, 1.807) is 0 Å². The van der Waals surface area contributed by atoms with Crippen molar-refractivity contribution in [2.24, 2.45) is 5.92 Å². The predicted octanol–water partition coefficient (Wildman–Crippen LogP) is 0.416. The number of aliphatic carboxylic acids is 1. The van der Waals surface area contributed by atoms with Crippen molar-refractivity contribution in [1.82, 2.24) is 10.2 Å². The molecule has 0 aromatic heterocycles. The van der Waals surface area contributed by atoms with Gasteiger partial charge in [-0.25, -0.2) is 9.59 Å². The van der Waals surface area contributed by atoms with Crippen LogP contribution in [0.15, 0.2) is 0 Å². The van der Waals surface area contributed by atoms with Crippen LogP contribution in [0, 0.1) is 5.92 Å². The van der Waals surface area contributed by atoms with E-state index in [1.165, 1.54) is 4.90 Å². The molecule has 1 heterocycles. The molecule has 1 rings (SSSR count). The summed E-state index contributed by atoms with van der Waals surface area (Å²) in [5, 5.41) is 19.5. The Morgan fingerprint density at radius 2 is 1.84 bits per heavy atom. The van der Waals surface area contributed by atoms with Crippen LogP contribution in [-0.2, 0) is 4.79 Å². The average molecular weight is 284 g/mol. The first-order valence-electron chi connectivity index (χ1n) is 5.72. The number of hydrogen-bond acceptors (Lipinski definition) is 3. The Morgan fingerprint density at radius 1 is 1.32 bits per heavy atom. The lowest BCUT2D eigenvalue weighted by atomic mass is 9.96. The number of carbonyl (C=O) groups excluding carboxylic acids is 1. The van der Waals surface area contributed by atoms with E-state index in [9.17, 15) is 22.8 Å². The summed E-state index contributed by atoms with van der Waals surface area (Å²) in [6.07, 6.45) is -6.31. The number of carbonyl (C=O) groups is 2. The van der Waals surface area contributed by atoms with E-state index >= 15 is 0 Å². The molecule has 0 saturated carbocycles. The highest BCUT2D eigenvalue weighted by molar-refractivity contribution is 5.76. The minimum absolute atomic E-state index is 0.0425. The fourth-order valence-corrected chi connectivity index (χ4v) is 1.79. The van der Waals surface area contributed by atoms with Gasteiger partial charge in [-0.1, -0.05) is 0 Å². The third kappa shape index (κ3) is 4.58. The van der Waals surface area contributed by atoms with Crippen LogP contribution in [0.3, 0.4) is 0 Å². The normalized spacial score (nSPS) is 19.1. The Hall–Kier alpha value is -1.51. The number of piperidine rings is 1. The number of hydrogen-bond donors (Lipinski definition) is 3. The van der Waals surface area contributed by atoms with Crippen molar-refractivity contribution in [3.8, 4) is 0 Å². The molecule has 2 amide bonds. The minimum atomic E-state index is -4.25. The number of carboxylic acids is 1. The van der Waals surface area contributed by atoms with Crippen molar-refractivity contribution in [2.75, 3.05) is 19.6 Å². The lowest BCUT2D eigenvalue weighted by molar-refractivity contribution is -0.183. The molecule has 0 aromatic rings. The number of likely N-dealkylation sites (tertiary alicyclic amines) is 1. The van der Waals surface area contributed by atoms with Crippen LogP contribution in [0.25, 0.3) is 0 Å². The molecule has 0 radical (unpaired) electrons. The third-order valence-electron chi connectivity index (χ3n) is 2.98. The number of halogens is 3. The van der Waals surface area contributed by atoms with E-state index in [0.717, 1.165) is 0 Å². The smallest absolute Gasteiger partial charge is 0.391 e. The zero-order valence-electron chi connectivity index (χ0n) is 9.98. The fraction of sp³-hybridized carbons (Fsp3) is 0.800. The number of urea groups is 1. The maximum absolute atomic E-state index is 12.4. The van der Waals surface area contributed by atoms with Crippen molar-refractivity contribution in [2.45, 2.75) is 25.1 Å². The molecule has 0 aromatic carbocycles. The standard InChI is InChI=1S/C10H15F3N2O4/c11-10(12,13)6-1-3-15(4-2-6)9(19)14-5-7(16)8(17)18/h6-7,16H,1-5H2,(H,14,19)(H,17,18). The lowest BCUT2D eigenvalue weighted by Gasteiger charge is -2.32. The number of nitrogens with one attached hydrogen (secondary N) is 1. The number of aliphatic hydroxyl groups excluding tert-OH is 1. The number of nitrogens with zero attached hydrogens (tertiary/aromatic N) is 1. The van der Waals surface area contributed by atoms with Crippen LogP contribution >= 0.6 is 0 Å². The predicted molar refractivity (Wildman–Crippen MR) is 57.4 cm³/mol. The molecule has 9 heteroatoms. The van der Waals surface area contributed by atoms with Crippen LogP contribution in [0.4, 0.5) is 18.0 Å². The van der Waals surface area contributed by atoms with E-state index < -0.39 is 36.7 Å². The second kappa shape index (κ2) is 6.09. The summed E-state index contributed by atoms with van der Waals surface area (Å²) in [4.78, 5) is 23.0. The van der Waals surface area contributed by atoms with E-state index in [0.29, 0.717) is 0 Å². The van der Waals surface area contributed by atoms with Crippen LogP contribution in [0.5, 0.6) is 0 Å². The van der Waals surface area contributed by atoms with Crippen molar-refractivity contribution in [3.05, 3.63) is 0 Å². The summed E-state index contributed by atoms with van der Waals surface area (Å²) in [5.41, 5.74) is 0. The zero-order chi connectivity index (χ0) is 14.6. The van der Waals surface area contributed by atoms with Gasteiger partial charge in [0.25, 0.3) is 0 Å². The Balaban J connectivity index is 2.35. The Morgan fingerprint density at radius 3 is 2.26 bits per heavy atom. The van der Waals surface area contributed by atoms with Crippen LogP contribution < -0.4 is 5.32 Å². The molecule has 1 atom stereocenters. The second-order valence-electron chi connectivity index (χ2n) is 4.34. The number of aliphatic hydroxyl groups is 1. The number of rotatable bonds is 3. The van der Waals surface area contributed by atoms with Crippen molar-refractivity contribution in [3.63, 3.8) is 0 Å². The monoisotopic (exact) mass is 284 g/mol. The first kappa shape index (κ1) is 15.5. The summed E-state index contributed by atoms with van der Waals surface area (Å²) in [5.74, 6) is -2.88. The molecule has 1 fully saturated rings. The van der Waals surface area contributed by atoms with Gasteiger partial charge in [0.1, 0.15) is 0 Å². The van der Waals surface area contributed by atoms with Gasteiger partial charge in [0.2, 0.25) is 0 Å². The maximum atomic E-state index is 12.4. The summed E-state index contributed by atoms with van der Waals surface area (Å²) >= 11 is 0. The molecular weight excluding hydrogens is 269 g/mol. The van der Waals surface area contributed by atoms with Crippen LogP contribution in [-0.4, -0.2) is 59.0 Å².